The standard InChI is InChI=1S/C39H51ClN4O5S/c1-26-7-6-9-31(23-42-15-17-43(18-16-42)28(3)45)35-21-33-22-39(33,35)25-44-14-5-4-8-29-19-34(40)12-10-32(29)24-49-37-13-11-30(20-36(37)44)38(46)41-50(47,48)27(26)2/h10-13,19-20,27,31,33,35H,1,4-9,14-18,21-25H2,2-3H3,(H,41,46)/t27-,31-,33?,35+,39?/m1/s1. The Kier molecular flexibility index (Phi) is 10.00. The van der Waals surface area contributed by atoms with E-state index in [1.165, 1.54) is 18.4 Å². The molecule has 2 aromatic rings. The van der Waals surface area contributed by atoms with Crippen LogP contribution in [0.4, 0.5) is 5.69 Å². The molecule has 3 heterocycles. The normalized spacial score (nSPS) is 30.3. The van der Waals surface area contributed by atoms with Crippen molar-refractivity contribution in [2.75, 3.05) is 50.7 Å². The first kappa shape index (κ1) is 35.3. The van der Waals surface area contributed by atoms with E-state index >= 15 is 0 Å². The number of ether oxygens (including phenoxy) is 1. The summed E-state index contributed by atoms with van der Waals surface area (Å²) in [6, 6.07) is 11.3. The molecule has 1 N–H and O–H groups in total. The number of halogens is 1. The molecule has 3 fully saturated rings. The molecule has 2 amide bonds. The van der Waals surface area contributed by atoms with Crippen molar-refractivity contribution in [1.82, 2.24) is 14.5 Å². The van der Waals surface area contributed by atoms with Crippen molar-refractivity contribution in [2.24, 2.45) is 23.2 Å². The van der Waals surface area contributed by atoms with Crippen LogP contribution in [0.3, 0.4) is 0 Å². The number of aryl methyl sites for hydroxylation is 1. The van der Waals surface area contributed by atoms with Gasteiger partial charge in [0.15, 0.2) is 0 Å². The van der Waals surface area contributed by atoms with Gasteiger partial charge in [-0.25, -0.2) is 13.1 Å². The van der Waals surface area contributed by atoms with Gasteiger partial charge < -0.3 is 14.5 Å². The van der Waals surface area contributed by atoms with Gasteiger partial charge in [-0.3, -0.25) is 14.5 Å². The minimum absolute atomic E-state index is 0.141. The second kappa shape index (κ2) is 14.2. The molecule has 0 aromatic heterocycles. The third-order valence-electron chi connectivity index (χ3n) is 12.5. The fourth-order valence-corrected chi connectivity index (χ4v) is 10.5. The van der Waals surface area contributed by atoms with Gasteiger partial charge in [0.25, 0.3) is 5.91 Å². The summed E-state index contributed by atoms with van der Waals surface area (Å²) in [5, 5.41) is -0.174. The number of amides is 2. The van der Waals surface area contributed by atoms with Crippen LogP contribution in [-0.4, -0.2) is 81.1 Å². The van der Waals surface area contributed by atoms with Crippen LogP contribution in [0, 0.1) is 23.2 Å². The maximum absolute atomic E-state index is 13.6. The summed E-state index contributed by atoms with van der Waals surface area (Å²) in [7, 11) is -3.99. The van der Waals surface area contributed by atoms with E-state index in [0.29, 0.717) is 47.7 Å². The molecule has 2 aliphatic carbocycles. The number of nitrogens with zero attached hydrogens (tertiary/aromatic N) is 3. The molecule has 2 saturated carbocycles. The van der Waals surface area contributed by atoms with Gasteiger partial charge in [-0.2, -0.15) is 0 Å². The Bertz CT molecular complexity index is 1760. The Balaban J connectivity index is 1.23. The van der Waals surface area contributed by atoms with Gasteiger partial charge in [-0.05, 0) is 123 Å². The van der Waals surface area contributed by atoms with Gasteiger partial charge in [-0.1, -0.05) is 29.8 Å². The molecule has 5 aliphatic rings. The number of piperazine rings is 1. The van der Waals surface area contributed by atoms with Crippen LogP contribution in [0.25, 0.3) is 0 Å². The third kappa shape index (κ3) is 7.17. The Labute approximate surface area is 302 Å². The zero-order valence-corrected chi connectivity index (χ0v) is 31.0. The van der Waals surface area contributed by atoms with Crippen molar-refractivity contribution in [3.63, 3.8) is 0 Å². The van der Waals surface area contributed by atoms with E-state index in [9.17, 15) is 18.0 Å². The second-order valence-corrected chi connectivity index (χ2v) is 17.9. The number of benzene rings is 2. The van der Waals surface area contributed by atoms with Crippen molar-refractivity contribution in [3.05, 3.63) is 70.3 Å². The number of rotatable bonds is 2. The lowest BCUT2D eigenvalue weighted by molar-refractivity contribution is -0.130. The molecule has 270 valence electrons. The number of carbonyl (C=O) groups is 2. The van der Waals surface area contributed by atoms with Gasteiger partial charge in [-0.15, -0.1) is 0 Å². The van der Waals surface area contributed by atoms with Crippen LogP contribution < -0.4 is 14.4 Å². The first-order chi connectivity index (χ1) is 23.9. The number of carbonyl (C=O) groups excluding carboxylic acids is 2. The lowest BCUT2D eigenvalue weighted by atomic mass is 9.64. The average molecular weight is 723 g/mol. The van der Waals surface area contributed by atoms with Crippen LogP contribution in [-0.2, 0) is 27.8 Å². The van der Waals surface area contributed by atoms with Gasteiger partial charge in [0.05, 0.1) is 10.9 Å². The number of sulfonamides is 1. The van der Waals surface area contributed by atoms with E-state index in [1.807, 2.05) is 35.2 Å². The molecule has 2 bridgehead atoms. The molecule has 3 aliphatic heterocycles. The Hall–Kier alpha value is -3.08. The van der Waals surface area contributed by atoms with Crippen molar-refractivity contribution in [1.29, 1.82) is 0 Å². The van der Waals surface area contributed by atoms with Crippen LogP contribution in [0.1, 0.15) is 80.3 Å². The molecule has 50 heavy (non-hydrogen) atoms. The first-order valence-corrected chi connectivity index (χ1v) is 20.4. The average Bonchev–Trinajstić information content (AvgIpc) is 3.66. The van der Waals surface area contributed by atoms with Crippen molar-refractivity contribution in [3.8, 4) is 5.75 Å². The van der Waals surface area contributed by atoms with E-state index in [0.717, 1.165) is 94.2 Å². The third-order valence-corrected chi connectivity index (χ3v) is 14.5. The van der Waals surface area contributed by atoms with Crippen molar-refractivity contribution in [2.45, 2.75) is 77.1 Å². The van der Waals surface area contributed by atoms with Crippen molar-refractivity contribution >= 4 is 39.1 Å². The van der Waals surface area contributed by atoms with Crippen LogP contribution in [0.15, 0.2) is 48.6 Å². The smallest absolute Gasteiger partial charge is 0.264 e. The van der Waals surface area contributed by atoms with Crippen LogP contribution in [0.2, 0.25) is 5.02 Å². The molecule has 0 radical (unpaired) electrons. The zero-order valence-electron chi connectivity index (χ0n) is 29.5. The summed E-state index contributed by atoms with van der Waals surface area (Å²) in [5.41, 5.74) is 4.27. The molecular formula is C39H51ClN4O5S. The van der Waals surface area contributed by atoms with Crippen molar-refractivity contribution < 1.29 is 22.7 Å². The van der Waals surface area contributed by atoms with E-state index in [2.05, 4.69) is 21.1 Å². The molecule has 9 nitrogen and oxygen atoms in total. The van der Waals surface area contributed by atoms with Gasteiger partial charge in [0.1, 0.15) is 12.4 Å². The quantitative estimate of drug-likeness (QED) is 0.377. The minimum Gasteiger partial charge on any atom is -0.487 e. The predicted octanol–water partition coefficient (Wildman–Crippen LogP) is 6.06. The highest BCUT2D eigenvalue weighted by Gasteiger charge is 2.69. The SMILES string of the molecule is C=C1CCC[C@H](CN2CCN(C(C)=O)CC2)[C@@H]2CC3CC32CN2CCCCc3cc(Cl)ccc3COc3ccc(cc32)C(=O)NS(=O)(=O)[C@@H]1C. The Morgan fingerprint density at radius 1 is 1.04 bits per heavy atom. The maximum atomic E-state index is 13.6. The Morgan fingerprint density at radius 3 is 2.58 bits per heavy atom. The highest BCUT2D eigenvalue weighted by molar-refractivity contribution is 7.90. The second-order valence-electron chi connectivity index (χ2n) is 15.5. The fraction of sp³-hybridized carbons (Fsp3) is 0.590. The summed E-state index contributed by atoms with van der Waals surface area (Å²) >= 11 is 6.39. The van der Waals surface area contributed by atoms with E-state index in [4.69, 9.17) is 16.3 Å². The lowest BCUT2D eigenvalue weighted by Gasteiger charge is -2.47. The largest absolute Gasteiger partial charge is 0.487 e. The minimum atomic E-state index is -3.99. The highest BCUT2D eigenvalue weighted by Crippen LogP contribution is 2.73. The summed E-state index contributed by atoms with van der Waals surface area (Å²) in [5.74, 6) is 1.92. The first-order valence-electron chi connectivity index (χ1n) is 18.4. The zero-order chi connectivity index (χ0) is 35.2. The molecular weight excluding hydrogens is 672 g/mol. The number of anilines is 1. The van der Waals surface area contributed by atoms with Gasteiger partial charge in [0.2, 0.25) is 15.9 Å². The molecule has 2 aromatic carbocycles. The maximum Gasteiger partial charge on any atom is 0.264 e. The molecule has 7 rings (SSSR count). The molecule has 5 atom stereocenters. The number of nitrogens with one attached hydrogen (secondary N) is 1. The van der Waals surface area contributed by atoms with E-state index < -0.39 is 21.2 Å². The van der Waals surface area contributed by atoms with Crippen LogP contribution >= 0.6 is 11.6 Å². The summed E-state index contributed by atoms with van der Waals surface area (Å²) in [4.78, 5) is 32.5. The van der Waals surface area contributed by atoms with Gasteiger partial charge >= 0.3 is 0 Å². The van der Waals surface area contributed by atoms with E-state index in [-0.39, 0.29) is 11.3 Å². The molecule has 1 spiro atoms. The fourth-order valence-electron chi connectivity index (χ4n) is 9.22. The number of hydrogen-bond acceptors (Lipinski definition) is 7. The van der Waals surface area contributed by atoms with Crippen LogP contribution in [0.5, 0.6) is 5.75 Å². The Morgan fingerprint density at radius 2 is 1.84 bits per heavy atom. The summed E-state index contributed by atoms with van der Waals surface area (Å²) in [6.45, 7) is 13.8. The lowest BCUT2D eigenvalue weighted by Crippen LogP contribution is -2.51. The molecule has 1 saturated heterocycles. The van der Waals surface area contributed by atoms with E-state index in [1.54, 1.807) is 19.9 Å². The van der Waals surface area contributed by atoms with Gasteiger partial charge in [0, 0.05) is 63.3 Å². The number of hydrogen-bond donors (Lipinski definition) is 1. The molecule has 11 heteroatoms. The highest BCUT2D eigenvalue weighted by atomic mass is 35.5. The monoisotopic (exact) mass is 722 g/mol. The molecule has 2 unspecified atom stereocenters. The topological polar surface area (TPSA) is 99.3 Å². The summed E-state index contributed by atoms with van der Waals surface area (Å²) in [6.07, 6.45) is 7.75. The predicted molar refractivity (Wildman–Crippen MR) is 197 cm³/mol. The number of fused-ring (bicyclic) bond motifs is 2. The summed E-state index contributed by atoms with van der Waals surface area (Å²) < 4.78 is 35.8.